The van der Waals surface area contributed by atoms with E-state index in [-0.39, 0.29) is 5.56 Å². The highest BCUT2D eigenvalue weighted by atomic mass is 16.1. The van der Waals surface area contributed by atoms with Gasteiger partial charge in [-0.15, -0.1) is 0 Å². The number of aromatic nitrogens is 2. The lowest BCUT2D eigenvalue weighted by atomic mass is 9.90. The Balaban J connectivity index is 1.38. The summed E-state index contributed by atoms with van der Waals surface area (Å²) in [6, 6.07) is 44.4. The summed E-state index contributed by atoms with van der Waals surface area (Å²) in [4.78, 5) is 17.8. The molecule has 0 amide bonds. The van der Waals surface area contributed by atoms with Gasteiger partial charge >= 0.3 is 0 Å². The molecular weight excluding hydrogens is 476 g/mol. The molecule has 2 aromatic heterocycles. The van der Waals surface area contributed by atoms with Gasteiger partial charge in [0.1, 0.15) is 6.33 Å². The fraction of sp³-hybridized carbons (Fsp3) is 0. The maximum Gasteiger partial charge on any atom is 0.264 e. The Hall–Kier alpha value is -5.28. The Morgan fingerprint density at radius 3 is 1.79 bits per heavy atom. The van der Waals surface area contributed by atoms with Gasteiger partial charge in [0.2, 0.25) is 0 Å². The Morgan fingerprint density at radius 1 is 0.487 bits per heavy atom. The SMILES string of the molecule is O=c1c2ccccc2c2c(-c3cccc(-c4ccc(-c5ccccc5)c5ccccc45)c3)ccc3ncn1c32. The molecule has 8 aromatic rings. The van der Waals surface area contributed by atoms with Crippen LogP contribution < -0.4 is 5.56 Å². The summed E-state index contributed by atoms with van der Waals surface area (Å²) < 4.78 is 1.69. The van der Waals surface area contributed by atoms with E-state index in [0.717, 1.165) is 38.5 Å². The van der Waals surface area contributed by atoms with Crippen LogP contribution in [0.3, 0.4) is 0 Å². The molecule has 0 aliphatic heterocycles. The molecule has 0 N–H and O–H groups in total. The van der Waals surface area contributed by atoms with Crippen molar-refractivity contribution in [2.75, 3.05) is 0 Å². The van der Waals surface area contributed by atoms with Crippen molar-refractivity contribution in [2.45, 2.75) is 0 Å². The van der Waals surface area contributed by atoms with Gasteiger partial charge < -0.3 is 0 Å². The van der Waals surface area contributed by atoms with Crippen LogP contribution in [0.1, 0.15) is 0 Å². The fourth-order valence-electron chi connectivity index (χ4n) is 6.06. The smallest absolute Gasteiger partial charge is 0.264 e. The van der Waals surface area contributed by atoms with E-state index in [1.165, 1.54) is 27.5 Å². The molecular formula is C36H22N2O. The predicted octanol–water partition coefficient (Wildman–Crippen LogP) is 8.59. The molecule has 6 aromatic carbocycles. The number of hydrogen-bond acceptors (Lipinski definition) is 2. The molecule has 182 valence electrons. The number of benzene rings is 6. The summed E-state index contributed by atoms with van der Waals surface area (Å²) in [7, 11) is 0. The van der Waals surface area contributed by atoms with E-state index in [1.54, 1.807) is 10.7 Å². The van der Waals surface area contributed by atoms with E-state index in [4.69, 9.17) is 0 Å². The zero-order valence-electron chi connectivity index (χ0n) is 21.0. The lowest BCUT2D eigenvalue weighted by Crippen LogP contribution is -2.12. The molecule has 0 aliphatic carbocycles. The largest absolute Gasteiger partial charge is 0.268 e. The first-order chi connectivity index (χ1) is 19.3. The van der Waals surface area contributed by atoms with Crippen LogP contribution in [0.5, 0.6) is 0 Å². The van der Waals surface area contributed by atoms with Crippen molar-refractivity contribution in [1.82, 2.24) is 9.38 Å². The van der Waals surface area contributed by atoms with E-state index in [0.29, 0.717) is 5.39 Å². The van der Waals surface area contributed by atoms with Gasteiger partial charge in [-0.05, 0) is 67.7 Å². The van der Waals surface area contributed by atoms with Crippen LogP contribution in [0.15, 0.2) is 139 Å². The minimum atomic E-state index is -0.0310. The molecule has 8 rings (SSSR count). The molecule has 0 fully saturated rings. The summed E-state index contributed by atoms with van der Waals surface area (Å²) in [5.74, 6) is 0. The maximum absolute atomic E-state index is 13.2. The number of rotatable bonds is 3. The molecule has 0 aliphatic rings. The zero-order valence-corrected chi connectivity index (χ0v) is 21.0. The van der Waals surface area contributed by atoms with Crippen molar-refractivity contribution in [3.05, 3.63) is 144 Å². The summed E-state index contributed by atoms with van der Waals surface area (Å²) in [6.07, 6.45) is 1.65. The van der Waals surface area contributed by atoms with Gasteiger partial charge in [0.05, 0.1) is 11.0 Å². The van der Waals surface area contributed by atoms with Gasteiger partial charge in [-0.3, -0.25) is 9.20 Å². The Kier molecular flexibility index (Phi) is 4.67. The van der Waals surface area contributed by atoms with E-state index < -0.39 is 0 Å². The van der Waals surface area contributed by atoms with Crippen molar-refractivity contribution >= 4 is 38.0 Å². The number of imidazole rings is 1. The first-order valence-electron chi connectivity index (χ1n) is 13.1. The van der Waals surface area contributed by atoms with Crippen LogP contribution in [0.2, 0.25) is 0 Å². The average molecular weight is 499 g/mol. The quantitative estimate of drug-likeness (QED) is 0.229. The monoisotopic (exact) mass is 498 g/mol. The van der Waals surface area contributed by atoms with E-state index in [2.05, 4.69) is 102 Å². The third-order valence-corrected chi connectivity index (χ3v) is 7.85. The van der Waals surface area contributed by atoms with Crippen LogP contribution >= 0.6 is 0 Å². The molecule has 3 nitrogen and oxygen atoms in total. The highest BCUT2D eigenvalue weighted by molar-refractivity contribution is 6.17. The normalized spacial score (nSPS) is 11.7. The topological polar surface area (TPSA) is 34.4 Å². The van der Waals surface area contributed by atoms with Crippen molar-refractivity contribution < 1.29 is 0 Å². The van der Waals surface area contributed by atoms with Crippen LogP contribution in [-0.2, 0) is 0 Å². The van der Waals surface area contributed by atoms with Crippen molar-refractivity contribution in [2.24, 2.45) is 0 Å². The molecule has 0 unspecified atom stereocenters. The molecule has 3 heteroatoms. The number of fused-ring (bicyclic) bond motifs is 3. The van der Waals surface area contributed by atoms with E-state index in [9.17, 15) is 4.79 Å². The molecule has 0 atom stereocenters. The highest BCUT2D eigenvalue weighted by Gasteiger charge is 2.17. The molecule has 0 bridgehead atoms. The molecule has 0 radical (unpaired) electrons. The van der Waals surface area contributed by atoms with Gasteiger partial charge in [-0.2, -0.15) is 0 Å². The van der Waals surface area contributed by atoms with Gasteiger partial charge in [0, 0.05) is 10.8 Å². The summed E-state index contributed by atoms with van der Waals surface area (Å²) in [5.41, 5.74) is 8.67. The Labute approximate surface area is 224 Å². The Morgan fingerprint density at radius 2 is 1.05 bits per heavy atom. The summed E-state index contributed by atoms with van der Waals surface area (Å²) in [6.45, 7) is 0. The zero-order chi connectivity index (χ0) is 25.9. The second kappa shape index (κ2) is 8.37. The van der Waals surface area contributed by atoms with Crippen molar-refractivity contribution in [3.8, 4) is 33.4 Å². The minimum Gasteiger partial charge on any atom is -0.268 e. The summed E-state index contributed by atoms with van der Waals surface area (Å²) >= 11 is 0. The van der Waals surface area contributed by atoms with Crippen molar-refractivity contribution in [1.29, 1.82) is 0 Å². The third-order valence-electron chi connectivity index (χ3n) is 7.85. The average Bonchev–Trinajstić information content (AvgIpc) is 3.45. The van der Waals surface area contributed by atoms with Crippen LogP contribution in [0, 0.1) is 0 Å². The van der Waals surface area contributed by atoms with Gasteiger partial charge in [0.15, 0.2) is 0 Å². The standard InChI is InChI=1S/C36H22N2O/c39-36-32-16-7-6-15-31(32)34-28(19-20-33-35(34)38(36)22-37-33)25-12-8-11-24(21-25)27-18-17-26(23-9-2-1-3-10-23)29-13-4-5-14-30(27)29/h1-22H. The van der Waals surface area contributed by atoms with E-state index >= 15 is 0 Å². The van der Waals surface area contributed by atoms with Gasteiger partial charge in [0.25, 0.3) is 5.56 Å². The maximum atomic E-state index is 13.2. The van der Waals surface area contributed by atoms with Gasteiger partial charge in [-0.25, -0.2) is 4.98 Å². The fourth-order valence-corrected chi connectivity index (χ4v) is 6.06. The van der Waals surface area contributed by atoms with Crippen LogP contribution in [0.4, 0.5) is 0 Å². The predicted molar refractivity (Wildman–Crippen MR) is 161 cm³/mol. The highest BCUT2D eigenvalue weighted by Crippen LogP contribution is 2.39. The first kappa shape index (κ1) is 21.8. The van der Waals surface area contributed by atoms with Gasteiger partial charge in [-0.1, -0.05) is 109 Å². The minimum absolute atomic E-state index is 0.0310. The third kappa shape index (κ3) is 3.23. The number of hydrogen-bond donors (Lipinski definition) is 0. The van der Waals surface area contributed by atoms with Crippen LogP contribution in [0.25, 0.3) is 71.3 Å². The van der Waals surface area contributed by atoms with Crippen LogP contribution in [-0.4, -0.2) is 9.38 Å². The second-order valence-electron chi connectivity index (χ2n) is 9.97. The second-order valence-corrected chi connectivity index (χ2v) is 9.97. The van der Waals surface area contributed by atoms with Crippen molar-refractivity contribution in [3.63, 3.8) is 0 Å². The number of nitrogens with zero attached hydrogens (tertiary/aromatic N) is 2. The lowest BCUT2D eigenvalue weighted by molar-refractivity contribution is 1.12. The molecule has 0 saturated carbocycles. The summed E-state index contributed by atoms with van der Waals surface area (Å²) in [5, 5.41) is 5.18. The molecule has 39 heavy (non-hydrogen) atoms. The molecule has 0 spiro atoms. The molecule has 0 saturated heterocycles. The lowest BCUT2D eigenvalue weighted by Gasteiger charge is -2.14. The number of pyridine rings is 1. The first-order valence-corrected chi connectivity index (χ1v) is 13.1. The Bertz CT molecular complexity index is 2240. The van der Waals surface area contributed by atoms with E-state index in [1.807, 2.05) is 30.3 Å². The molecule has 2 heterocycles.